The Balaban J connectivity index is 1.30. The summed E-state index contributed by atoms with van der Waals surface area (Å²) in [6.45, 7) is 0.0393. The monoisotopic (exact) mass is 631 g/mol. The van der Waals surface area contributed by atoms with Gasteiger partial charge in [0.25, 0.3) is 0 Å². The molecule has 3 heterocycles. The Bertz CT molecular complexity index is 2590. The fourth-order valence-corrected chi connectivity index (χ4v) is 8.71. The van der Waals surface area contributed by atoms with E-state index in [1.165, 1.54) is 99.5 Å². The van der Waals surface area contributed by atoms with Gasteiger partial charge in [-0.1, -0.05) is 158 Å². The molecular weight excluding hydrogens is 601 g/mol. The molecule has 0 amide bonds. The molecule has 1 aromatic heterocycles. The van der Waals surface area contributed by atoms with Crippen LogP contribution in [0.4, 0.5) is 0 Å². The van der Waals surface area contributed by atoms with Gasteiger partial charge < -0.3 is 4.48 Å². The second kappa shape index (κ2) is 10.6. The first-order valence-corrected chi connectivity index (χ1v) is 17.5. The highest BCUT2D eigenvalue weighted by molar-refractivity contribution is 6.89. The largest absolute Gasteiger partial charge is 0.375 e. The minimum Gasteiger partial charge on any atom is -0.375 e. The molecular formula is C48H30BN. The van der Waals surface area contributed by atoms with Crippen LogP contribution in [0.3, 0.4) is 0 Å². The minimum atomic E-state index is 0.0393. The Hall–Kier alpha value is -6.38. The van der Waals surface area contributed by atoms with Gasteiger partial charge in [0, 0.05) is 32.9 Å². The summed E-state index contributed by atoms with van der Waals surface area (Å²) >= 11 is 0. The number of nitrogens with zero attached hydrogens (tertiary/aromatic N) is 1. The number of aromatic nitrogens is 1. The lowest BCUT2D eigenvalue weighted by molar-refractivity contribution is 1.31. The average molecular weight is 632 g/mol. The number of hydrogen-bond donors (Lipinski definition) is 0. The van der Waals surface area contributed by atoms with E-state index in [4.69, 9.17) is 0 Å². The molecule has 11 rings (SSSR count). The Morgan fingerprint density at radius 3 is 1.02 bits per heavy atom. The molecule has 1 nitrogen and oxygen atoms in total. The normalized spacial score (nSPS) is 12.4. The lowest BCUT2D eigenvalue weighted by Gasteiger charge is -2.33. The summed E-state index contributed by atoms with van der Waals surface area (Å²) in [6, 6.07) is 67.4. The molecule has 0 radical (unpaired) electrons. The summed E-state index contributed by atoms with van der Waals surface area (Å²) in [5.74, 6) is 0. The number of hydrogen-bond acceptors (Lipinski definition) is 0. The Morgan fingerprint density at radius 2 is 0.640 bits per heavy atom. The van der Waals surface area contributed by atoms with Crippen LogP contribution in [-0.4, -0.2) is 11.3 Å². The SMILES string of the molecule is c1ccc(-c2ccc3c(c2)B2c4cc(-c5ccccc5)ccc4-c4cc(-c5ccccc5)cc5c6cc(-c7ccccc7)cc-3c6n2c45)cc1. The molecule has 230 valence electrons. The van der Waals surface area contributed by atoms with Gasteiger partial charge in [-0.2, -0.15) is 0 Å². The third-order valence-corrected chi connectivity index (χ3v) is 11.0. The summed E-state index contributed by atoms with van der Waals surface area (Å²) < 4.78 is 2.69. The van der Waals surface area contributed by atoms with Gasteiger partial charge >= 0.3 is 6.85 Å². The molecule has 9 aromatic rings. The van der Waals surface area contributed by atoms with Crippen LogP contribution < -0.4 is 10.9 Å². The topological polar surface area (TPSA) is 4.93 Å². The van der Waals surface area contributed by atoms with Crippen LogP contribution >= 0.6 is 0 Å². The third kappa shape index (κ3) is 3.97. The molecule has 0 saturated heterocycles. The molecule has 2 heteroatoms. The van der Waals surface area contributed by atoms with Gasteiger partial charge in [0.1, 0.15) is 0 Å². The summed E-state index contributed by atoms with van der Waals surface area (Å²) in [7, 11) is 0. The van der Waals surface area contributed by atoms with Crippen LogP contribution in [0.1, 0.15) is 0 Å². The first-order valence-electron chi connectivity index (χ1n) is 17.5. The Morgan fingerprint density at radius 1 is 0.280 bits per heavy atom. The van der Waals surface area contributed by atoms with E-state index in [9.17, 15) is 0 Å². The lowest BCUT2D eigenvalue weighted by atomic mass is 9.45. The van der Waals surface area contributed by atoms with Crippen molar-refractivity contribution in [1.82, 2.24) is 4.48 Å². The number of benzene rings is 8. The maximum Gasteiger partial charge on any atom is 0.329 e. The molecule has 0 atom stereocenters. The van der Waals surface area contributed by atoms with Gasteiger partial charge in [-0.3, -0.25) is 0 Å². The van der Waals surface area contributed by atoms with E-state index in [0.29, 0.717) is 0 Å². The average Bonchev–Trinajstić information content (AvgIpc) is 3.53. The summed E-state index contributed by atoms with van der Waals surface area (Å²) in [4.78, 5) is 0. The minimum absolute atomic E-state index is 0.0393. The molecule has 0 bridgehead atoms. The van der Waals surface area contributed by atoms with Gasteiger partial charge in [0.15, 0.2) is 0 Å². The van der Waals surface area contributed by atoms with E-state index in [-0.39, 0.29) is 6.85 Å². The zero-order chi connectivity index (χ0) is 32.8. The van der Waals surface area contributed by atoms with Crippen LogP contribution in [0.15, 0.2) is 182 Å². The van der Waals surface area contributed by atoms with Gasteiger partial charge in [-0.15, -0.1) is 0 Å². The number of rotatable bonds is 4. The van der Waals surface area contributed by atoms with E-state index < -0.39 is 0 Å². The third-order valence-electron chi connectivity index (χ3n) is 11.0. The molecule has 2 aliphatic rings. The fraction of sp³-hybridized carbons (Fsp3) is 0. The van der Waals surface area contributed by atoms with Crippen LogP contribution in [0.2, 0.25) is 0 Å². The highest BCUT2D eigenvalue weighted by Gasteiger charge is 2.40. The summed E-state index contributed by atoms with van der Waals surface area (Å²) in [5.41, 5.74) is 20.5. The van der Waals surface area contributed by atoms with E-state index in [1.54, 1.807) is 0 Å². The summed E-state index contributed by atoms with van der Waals surface area (Å²) in [6.07, 6.45) is 0. The maximum absolute atomic E-state index is 2.69. The van der Waals surface area contributed by atoms with Crippen LogP contribution in [0.25, 0.3) is 88.6 Å². The van der Waals surface area contributed by atoms with Crippen molar-refractivity contribution in [3.63, 3.8) is 0 Å². The van der Waals surface area contributed by atoms with Gasteiger partial charge in [-0.05, 0) is 90.8 Å². The molecule has 0 unspecified atom stereocenters. The summed E-state index contributed by atoms with van der Waals surface area (Å²) in [5, 5.41) is 2.63. The Labute approximate surface area is 291 Å². The zero-order valence-corrected chi connectivity index (χ0v) is 27.3. The van der Waals surface area contributed by atoms with E-state index >= 15 is 0 Å². The van der Waals surface area contributed by atoms with Gasteiger partial charge in [-0.25, -0.2) is 0 Å². The van der Waals surface area contributed by atoms with Crippen molar-refractivity contribution in [2.24, 2.45) is 0 Å². The first kappa shape index (κ1) is 27.6. The van der Waals surface area contributed by atoms with Crippen molar-refractivity contribution < 1.29 is 0 Å². The van der Waals surface area contributed by atoms with Crippen LogP contribution in [-0.2, 0) is 0 Å². The smallest absolute Gasteiger partial charge is 0.329 e. The highest BCUT2D eigenvalue weighted by atomic mass is 14.9. The van der Waals surface area contributed by atoms with Crippen molar-refractivity contribution in [1.29, 1.82) is 0 Å². The lowest BCUT2D eigenvalue weighted by Crippen LogP contribution is -2.53. The second-order valence-electron chi connectivity index (χ2n) is 13.7. The predicted octanol–water partition coefficient (Wildman–Crippen LogP) is 11.1. The molecule has 50 heavy (non-hydrogen) atoms. The van der Waals surface area contributed by atoms with Gasteiger partial charge in [0.2, 0.25) is 0 Å². The Kier molecular flexibility index (Phi) is 5.82. The molecule has 0 saturated carbocycles. The molecule has 0 N–H and O–H groups in total. The standard InChI is InChI=1S/C48H30BN/c1-5-13-31(14-6-1)35-21-23-39-41-25-37(33-17-9-3-10-18-33)27-43-44-28-38(34-19-11-4-12-20-34)26-42-40-24-22-36(32-15-7-2-8-16-32)30-46(40)49(45(39)29-35)50(47(41)43)48(42)44/h1-30H. The van der Waals surface area contributed by atoms with E-state index in [0.717, 1.165) is 0 Å². The van der Waals surface area contributed by atoms with Crippen molar-refractivity contribution in [2.45, 2.75) is 0 Å². The van der Waals surface area contributed by atoms with Gasteiger partial charge in [0.05, 0.1) is 0 Å². The molecule has 8 aromatic carbocycles. The van der Waals surface area contributed by atoms with Crippen LogP contribution in [0.5, 0.6) is 0 Å². The quantitative estimate of drug-likeness (QED) is 0.170. The maximum atomic E-state index is 2.69. The van der Waals surface area contributed by atoms with Crippen LogP contribution in [0, 0.1) is 0 Å². The molecule has 0 aliphatic carbocycles. The highest BCUT2D eigenvalue weighted by Crippen LogP contribution is 2.48. The van der Waals surface area contributed by atoms with E-state index in [1.807, 2.05) is 0 Å². The first-order chi connectivity index (χ1) is 24.8. The fourth-order valence-electron chi connectivity index (χ4n) is 8.71. The van der Waals surface area contributed by atoms with Crippen molar-refractivity contribution in [3.8, 4) is 66.8 Å². The van der Waals surface area contributed by atoms with Crippen molar-refractivity contribution in [2.75, 3.05) is 0 Å². The second-order valence-corrected chi connectivity index (χ2v) is 13.7. The molecule has 0 spiro atoms. The number of fused-ring (bicyclic) bond motifs is 7. The molecule has 2 aliphatic heterocycles. The van der Waals surface area contributed by atoms with Crippen molar-refractivity contribution >= 4 is 39.6 Å². The predicted molar refractivity (Wildman–Crippen MR) is 212 cm³/mol. The van der Waals surface area contributed by atoms with E-state index in [2.05, 4.69) is 186 Å². The zero-order valence-electron chi connectivity index (χ0n) is 27.3. The molecule has 0 fully saturated rings. The van der Waals surface area contributed by atoms with Crippen molar-refractivity contribution in [3.05, 3.63) is 182 Å².